The standard InChI is InChI=1S/C31H27F6N5O2/c32-30(33,34)27-16-23(9-12-39-27)19-40-28(43)42-20-29(25-17-24(7-8-26(25)42)44-31(35,36)37)10-14-41(15-11-29)13-1-2-21-3-5-22(18-38)6-4-21/h1-9,12,16-17H,10-11,13-15,19-20H2,(H,40,43)/b2-1+. The highest BCUT2D eigenvalue weighted by Crippen LogP contribution is 2.48. The van der Waals surface area contributed by atoms with Gasteiger partial charge in [0.15, 0.2) is 0 Å². The van der Waals surface area contributed by atoms with E-state index >= 15 is 0 Å². The zero-order chi connectivity index (χ0) is 31.5. The Kier molecular flexibility index (Phi) is 8.56. The molecule has 0 unspecified atom stereocenters. The number of halogens is 6. The number of likely N-dealkylation sites (tertiary alicyclic amines) is 1. The second kappa shape index (κ2) is 12.2. The molecule has 1 N–H and O–H groups in total. The number of amides is 2. The molecule has 0 atom stereocenters. The molecule has 3 heterocycles. The first-order valence-electron chi connectivity index (χ1n) is 13.7. The molecule has 13 heteroatoms. The van der Waals surface area contributed by atoms with E-state index in [-0.39, 0.29) is 24.4 Å². The van der Waals surface area contributed by atoms with Gasteiger partial charge >= 0.3 is 18.6 Å². The van der Waals surface area contributed by atoms with E-state index in [0.29, 0.717) is 49.3 Å². The average molecular weight is 616 g/mol. The maximum atomic E-state index is 13.3. The summed E-state index contributed by atoms with van der Waals surface area (Å²) in [5, 5.41) is 11.6. The summed E-state index contributed by atoms with van der Waals surface area (Å²) in [4.78, 5) is 20.3. The van der Waals surface area contributed by atoms with Crippen molar-refractivity contribution in [3.05, 3.63) is 94.8 Å². The van der Waals surface area contributed by atoms with Gasteiger partial charge in [0, 0.05) is 36.9 Å². The predicted molar refractivity (Wildman–Crippen MR) is 149 cm³/mol. The number of hydrogen-bond donors (Lipinski definition) is 1. The Morgan fingerprint density at radius 2 is 1.77 bits per heavy atom. The van der Waals surface area contributed by atoms with Gasteiger partial charge in [-0.3, -0.25) is 14.8 Å². The van der Waals surface area contributed by atoms with Gasteiger partial charge in [-0.25, -0.2) is 4.79 Å². The Morgan fingerprint density at radius 1 is 1.05 bits per heavy atom. The first kappa shape index (κ1) is 30.9. The van der Waals surface area contributed by atoms with Gasteiger partial charge in [-0.1, -0.05) is 24.3 Å². The first-order chi connectivity index (χ1) is 20.8. The van der Waals surface area contributed by atoms with Crippen molar-refractivity contribution in [2.24, 2.45) is 0 Å². The summed E-state index contributed by atoms with van der Waals surface area (Å²) in [7, 11) is 0. The summed E-state index contributed by atoms with van der Waals surface area (Å²) in [6, 6.07) is 14.8. The van der Waals surface area contributed by atoms with E-state index in [2.05, 4.69) is 26.0 Å². The van der Waals surface area contributed by atoms with Crippen LogP contribution >= 0.6 is 0 Å². The maximum Gasteiger partial charge on any atom is 0.573 e. The molecule has 0 bridgehead atoms. The van der Waals surface area contributed by atoms with Crippen LogP contribution in [-0.4, -0.2) is 48.5 Å². The number of anilines is 1. The Labute approximate surface area is 249 Å². The molecular weight excluding hydrogens is 588 g/mol. The fraction of sp³-hybridized carbons (Fsp3) is 0.323. The van der Waals surface area contributed by atoms with E-state index in [1.807, 2.05) is 24.3 Å². The number of rotatable bonds is 6. The fourth-order valence-corrected chi connectivity index (χ4v) is 5.64. The molecule has 2 aliphatic rings. The van der Waals surface area contributed by atoms with Crippen LogP contribution in [0.5, 0.6) is 5.75 Å². The number of ether oxygens (including phenoxy) is 1. The minimum absolute atomic E-state index is 0.197. The van der Waals surface area contributed by atoms with Crippen molar-refractivity contribution in [1.29, 1.82) is 5.26 Å². The van der Waals surface area contributed by atoms with Gasteiger partial charge < -0.3 is 10.1 Å². The number of hydrogen-bond acceptors (Lipinski definition) is 5. The summed E-state index contributed by atoms with van der Waals surface area (Å²) in [5.41, 5.74) is 0.992. The van der Waals surface area contributed by atoms with Crippen LogP contribution in [0.25, 0.3) is 6.08 Å². The van der Waals surface area contributed by atoms with Crippen molar-refractivity contribution in [1.82, 2.24) is 15.2 Å². The Balaban J connectivity index is 1.30. The number of nitrogens with zero attached hydrogens (tertiary/aromatic N) is 4. The van der Waals surface area contributed by atoms with E-state index in [9.17, 15) is 31.1 Å². The van der Waals surface area contributed by atoms with E-state index in [4.69, 9.17) is 5.26 Å². The number of piperidine rings is 1. The third kappa shape index (κ3) is 7.14. The van der Waals surface area contributed by atoms with Gasteiger partial charge in [0.25, 0.3) is 0 Å². The van der Waals surface area contributed by atoms with Crippen LogP contribution in [-0.2, 0) is 18.1 Å². The molecule has 2 amide bonds. The average Bonchev–Trinajstić information content (AvgIpc) is 3.29. The zero-order valence-electron chi connectivity index (χ0n) is 23.3. The van der Waals surface area contributed by atoms with Gasteiger partial charge in [0.1, 0.15) is 11.4 Å². The normalized spacial score (nSPS) is 16.6. The SMILES string of the molecule is N#Cc1ccc(/C=C/CN2CCC3(CC2)CN(C(=O)NCc2ccnc(C(F)(F)F)c2)c2ccc(OC(F)(F)F)cc23)cc1. The number of carbonyl (C=O) groups is 1. The number of nitriles is 1. The van der Waals surface area contributed by atoms with Crippen molar-refractivity contribution in [3.63, 3.8) is 0 Å². The topological polar surface area (TPSA) is 81.5 Å². The van der Waals surface area contributed by atoms with Crippen molar-refractivity contribution >= 4 is 17.8 Å². The summed E-state index contributed by atoms with van der Waals surface area (Å²) < 4.78 is 82.4. The molecule has 0 radical (unpaired) electrons. The summed E-state index contributed by atoms with van der Waals surface area (Å²) in [6.07, 6.45) is -3.44. The molecule has 0 aliphatic carbocycles. The molecule has 1 spiro atoms. The van der Waals surface area contributed by atoms with Crippen LogP contribution in [0.1, 0.15) is 40.8 Å². The van der Waals surface area contributed by atoms with Crippen molar-refractivity contribution < 1.29 is 35.9 Å². The molecule has 2 aromatic carbocycles. The molecule has 2 aliphatic heterocycles. The van der Waals surface area contributed by atoms with E-state index in [1.165, 1.54) is 23.1 Å². The number of pyridine rings is 1. The molecule has 230 valence electrons. The summed E-state index contributed by atoms with van der Waals surface area (Å²) >= 11 is 0. The van der Waals surface area contributed by atoms with Crippen molar-refractivity contribution in [2.75, 3.05) is 31.1 Å². The van der Waals surface area contributed by atoms with Gasteiger partial charge in [0.2, 0.25) is 0 Å². The molecule has 3 aromatic rings. The van der Waals surface area contributed by atoms with Gasteiger partial charge in [0.05, 0.1) is 11.6 Å². The van der Waals surface area contributed by atoms with E-state index in [0.717, 1.165) is 23.9 Å². The molecule has 1 fully saturated rings. The number of aromatic nitrogens is 1. The Hall–Kier alpha value is -4.57. The number of carbonyl (C=O) groups excluding carboxylic acids is 1. The largest absolute Gasteiger partial charge is 0.573 e. The number of urea groups is 1. The maximum absolute atomic E-state index is 13.3. The highest BCUT2D eigenvalue weighted by molar-refractivity contribution is 5.95. The fourth-order valence-electron chi connectivity index (χ4n) is 5.64. The van der Waals surface area contributed by atoms with Crippen molar-refractivity contribution in [2.45, 2.75) is 37.3 Å². The summed E-state index contributed by atoms with van der Waals surface area (Å²) in [5.74, 6) is -0.387. The quantitative estimate of drug-likeness (QED) is 0.314. The predicted octanol–water partition coefficient (Wildman–Crippen LogP) is 6.65. The van der Waals surface area contributed by atoms with Crippen LogP contribution in [0.15, 0.2) is 66.9 Å². The minimum Gasteiger partial charge on any atom is -0.406 e. The van der Waals surface area contributed by atoms with E-state index in [1.54, 1.807) is 12.1 Å². The van der Waals surface area contributed by atoms with Crippen LogP contribution in [0.4, 0.5) is 36.8 Å². The highest BCUT2D eigenvalue weighted by atomic mass is 19.4. The third-order valence-electron chi connectivity index (χ3n) is 7.86. The molecule has 5 rings (SSSR count). The number of benzene rings is 2. The number of alkyl halides is 6. The van der Waals surface area contributed by atoms with Crippen molar-refractivity contribution in [3.8, 4) is 11.8 Å². The second-order valence-corrected chi connectivity index (χ2v) is 10.7. The van der Waals surface area contributed by atoms with E-state index < -0.39 is 29.7 Å². The lowest BCUT2D eigenvalue weighted by atomic mass is 9.74. The second-order valence-electron chi connectivity index (χ2n) is 10.7. The lowest BCUT2D eigenvalue weighted by Crippen LogP contribution is -2.47. The number of fused-ring (bicyclic) bond motifs is 2. The molecule has 1 aromatic heterocycles. The number of nitrogens with one attached hydrogen (secondary N) is 1. The smallest absolute Gasteiger partial charge is 0.406 e. The van der Waals surface area contributed by atoms with Gasteiger partial charge in [-0.2, -0.15) is 18.4 Å². The molecule has 7 nitrogen and oxygen atoms in total. The highest BCUT2D eigenvalue weighted by Gasteiger charge is 2.47. The van der Waals surface area contributed by atoms with Crippen LogP contribution in [0.3, 0.4) is 0 Å². The first-order valence-corrected chi connectivity index (χ1v) is 13.7. The van der Waals surface area contributed by atoms with Crippen LogP contribution in [0.2, 0.25) is 0 Å². The third-order valence-corrected chi connectivity index (χ3v) is 7.86. The monoisotopic (exact) mass is 615 g/mol. The van der Waals surface area contributed by atoms with Gasteiger partial charge in [-0.15, -0.1) is 13.2 Å². The molecular formula is C31H27F6N5O2. The van der Waals surface area contributed by atoms with Gasteiger partial charge in [-0.05, 0) is 85.1 Å². The zero-order valence-corrected chi connectivity index (χ0v) is 23.3. The lowest BCUT2D eigenvalue weighted by molar-refractivity contribution is -0.274. The lowest BCUT2D eigenvalue weighted by Gasteiger charge is -2.39. The molecule has 1 saturated heterocycles. The molecule has 44 heavy (non-hydrogen) atoms. The Bertz CT molecular complexity index is 1570. The summed E-state index contributed by atoms with van der Waals surface area (Å²) in [6.45, 7) is 1.87. The van der Waals surface area contributed by atoms with Crippen LogP contribution < -0.4 is 15.0 Å². The van der Waals surface area contributed by atoms with Crippen LogP contribution in [0, 0.1) is 11.3 Å². The minimum atomic E-state index is -4.89. The Morgan fingerprint density at radius 3 is 2.43 bits per heavy atom. The molecule has 0 saturated carbocycles.